The first-order valence-corrected chi connectivity index (χ1v) is 8.92. The van der Waals surface area contributed by atoms with Crippen molar-refractivity contribution in [3.05, 3.63) is 28.8 Å². The van der Waals surface area contributed by atoms with Crippen LogP contribution in [0.1, 0.15) is 70.1 Å². The van der Waals surface area contributed by atoms with Gasteiger partial charge in [0.2, 0.25) is 0 Å². The van der Waals surface area contributed by atoms with Gasteiger partial charge < -0.3 is 4.74 Å². The predicted molar refractivity (Wildman–Crippen MR) is 94.7 cm³/mol. The van der Waals surface area contributed by atoms with Gasteiger partial charge in [0.05, 0.1) is 18.9 Å². The summed E-state index contributed by atoms with van der Waals surface area (Å²) in [6, 6.07) is 4.06. The lowest BCUT2D eigenvalue weighted by Crippen LogP contribution is -2.57. The van der Waals surface area contributed by atoms with E-state index in [4.69, 9.17) is 4.74 Å². The number of ether oxygens (including phenoxy) is 1. The molecule has 0 unspecified atom stereocenters. The zero-order chi connectivity index (χ0) is 17.9. The minimum absolute atomic E-state index is 0.0580. The Labute approximate surface area is 144 Å². The Kier molecular flexibility index (Phi) is 3.89. The Morgan fingerprint density at radius 2 is 1.79 bits per heavy atom. The summed E-state index contributed by atoms with van der Waals surface area (Å²) in [5, 5.41) is 0. The molecule has 130 valence electrons. The zero-order valence-electron chi connectivity index (χ0n) is 15.7. The molecule has 0 radical (unpaired) electrons. The van der Waals surface area contributed by atoms with Crippen molar-refractivity contribution in [1.29, 1.82) is 0 Å². The Bertz CT molecular complexity index is 714. The van der Waals surface area contributed by atoms with Gasteiger partial charge in [0.1, 0.15) is 11.5 Å². The smallest absolute Gasteiger partial charge is 0.150 e. The first-order valence-electron chi connectivity index (χ1n) is 8.92. The van der Waals surface area contributed by atoms with E-state index in [0.29, 0.717) is 5.92 Å². The normalized spacial score (nSPS) is 28.5. The predicted octanol–water partition coefficient (Wildman–Crippen LogP) is 4.21. The molecule has 0 aromatic heterocycles. The largest absolute Gasteiger partial charge is 0.496 e. The lowest BCUT2D eigenvalue weighted by atomic mass is 9.49. The second-order valence-electron chi connectivity index (χ2n) is 8.40. The highest BCUT2D eigenvalue weighted by molar-refractivity contribution is 6.09. The summed E-state index contributed by atoms with van der Waals surface area (Å²) in [5.74, 6) is 1.49. The number of carbonyl (C=O) groups is 2. The number of ketones is 2. The van der Waals surface area contributed by atoms with Crippen LogP contribution in [0, 0.1) is 11.3 Å². The van der Waals surface area contributed by atoms with E-state index in [1.54, 1.807) is 7.11 Å². The van der Waals surface area contributed by atoms with Gasteiger partial charge in [0.15, 0.2) is 5.78 Å². The quantitative estimate of drug-likeness (QED) is 0.764. The molecule has 0 N–H and O–H groups in total. The number of benzene rings is 1. The van der Waals surface area contributed by atoms with Crippen molar-refractivity contribution < 1.29 is 14.3 Å². The molecular weight excluding hydrogens is 300 g/mol. The molecule has 1 aromatic carbocycles. The van der Waals surface area contributed by atoms with Crippen LogP contribution in [0.5, 0.6) is 5.75 Å². The monoisotopic (exact) mass is 328 g/mol. The summed E-state index contributed by atoms with van der Waals surface area (Å²) in [6.45, 7) is 10.4. The van der Waals surface area contributed by atoms with Crippen LogP contribution in [0.2, 0.25) is 0 Å². The van der Waals surface area contributed by atoms with Crippen molar-refractivity contribution in [3.63, 3.8) is 0 Å². The van der Waals surface area contributed by atoms with E-state index < -0.39 is 10.8 Å². The SMILES string of the molecule is COc1ccc2c(c1C(C)C)CC[C@H]1C(C)(C)C(=O)CC(=O)[C@]21C. The molecule has 2 aliphatic carbocycles. The molecule has 3 nitrogen and oxygen atoms in total. The van der Waals surface area contributed by atoms with Gasteiger partial charge in [-0.15, -0.1) is 0 Å². The maximum Gasteiger partial charge on any atom is 0.150 e. The Morgan fingerprint density at radius 3 is 2.38 bits per heavy atom. The van der Waals surface area contributed by atoms with E-state index in [-0.39, 0.29) is 23.9 Å². The summed E-state index contributed by atoms with van der Waals surface area (Å²) in [6.07, 6.45) is 1.84. The Balaban J connectivity index is 2.26. The van der Waals surface area contributed by atoms with Gasteiger partial charge >= 0.3 is 0 Å². The third-order valence-electron chi connectivity index (χ3n) is 6.54. The highest BCUT2D eigenvalue weighted by atomic mass is 16.5. The van der Waals surface area contributed by atoms with Crippen LogP contribution in [0.25, 0.3) is 0 Å². The van der Waals surface area contributed by atoms with Crippen LogP contribution in [0.15, 0.2) is 12.1 Å². The maximum absolute atomic E-state index is 13.0. The molecule has 1 aromatic rings. The average molecular weight is 328 g/mol. The summed E-state index contributed by atoms with van der Waals surface area (Å²) in [4.78, 5) is 25.5. The average Bonchev–Trinajstić information content (AvgIpc) is 2.52. The van der Waals surface area contributed by atoms with Crippen LogP contribution < -0.4 is 4.74 Å². The summed E-state index contributed by atoms with van der Waals surface area (Å²) < 4.78 is 5.59. The third kappa shape index (κ3) is 2.09. The van der Waals surface area contributed by atoms with Crippen molar-refractivity contribution >= 4 is 11.6 Å². The van der Waals surface area contributed by atoms with Gasteiger partial charge in [0, 0.05) is 11.0 Å². The number of carbonyl (C=O) groups excluding carboxylic acids is 2. The van der Waals surface area contributed by atoms with Crippen molar-refractivity contribution in [1.82, 2.24) is 0 Å². The van der Waals surface area contributed by atoms with Crippen LogP contribution in [-0.2, 0) is 21.4 Å². The van der Waals surface area contributed by atoms with E-state index in [1.807, 2.05) is 19.9 Å². The van der Waals surface area contributed by atoms with Gasteiger partial charge in [-0.25, -0.2) is 0 Å². The maximum atomic E-state index is 13.0. The van der Waals surface area contributed by atoms with Crippen LogP contribution in [0.3, 0.4) is 0 Å². The zero-order valence-corrected chi connectivity index (χ0v) is 15.7. The summed E-state index contributed by atoms with van der Waals surface area (Å²) in [7, 11) is 1.70. The Hall–Kier alpha value is -1.64. The van der Waals surface area contributed by atoms with Crippen LogP contribution in [-0.4, -0.2) is 18.7 Å². The molecule has 3 heteroatoms. The molecule has 1 saturated carbocycles. The van der Waals surface area contributed by atoms with E-state index in [9.17, 15) is 9.59 Å². The second kappa shape index (κ2) is 5.44. The second-order valence-corrected chi connectivity index (χ2v) is 8.40. The molecule has 0 spiro atoms. The van der Waals surface area contributed by atoms with Crippen molar-refractivity contribution in [2.45, 2.75) is 65.2 Å². The molecule has 24 heavy (non-hydrogen) atoms. The topological polar surface area (TPSA) is 43.4 Å². The fraction of sp³-hybridized carbons (Fsp3) is 0.619. The molecule has 0 amide bonds. The van der Waals surface area contributed by atoms with Gasteiger partial charge in [-0.2, -0.15) is 0 Å². The van der Waals surface area contributed by atoms with Gasteiger partial charge in [-0.1, -0.05) is 33.8 Å². The fourth-order valence-electron chi connectivity index (χ4n) is 5.15. The third-order valence-corrected chi connectivity index (χ3v) is 6.54. The minimum atomic E-state index is -0.569. The van der Waals surface area contributed by atoms with Gasteiger partial charge in [0.25, 0.3) is 0 Å². The highest BCUT2D eigenvalue weighted by Gasteiger charge is 2.58. The molecule has 2 aliphatic rings. The van der Waals surface area contributed by atoms with Crippen LogP contribution in [0.4, 0.5) is 0 Å². The molecule has 1 fully saturated rings. The standard InChI is InChI=1S/C21H28O3/c1-12(2)19-13-7-10-16-20(3,4)17(22)11-18(23)21(16,5)14(13)8-9-15(19)24-6/h8-9,12,16H,7,10-11H2,1-6H3/t16-,21+/m0/s1. The molecule has 0 heterocycles. The number of Topliss-reactive ketones (excluding diaryl/α,β-unsaturated/α-hetero) is 2. The fourth-order valence-corrected chi connectivity index (χ4v) is 5.15. The number of hydrogen-bond donors (Lipinski definition) is 0. The van der Waals surface area contributed by atoms with E-state index in [2.05, 4.69) is 26.8 Å². The summed E-state index contributed by atoms with van der Waals surface area (Å²) >= 11 is 0. The molecular formula is C21H28O3. The first-order chi connectivity index (χ1) is 11.2. The van der Waals surface area contributed by atoms with Gasteiger partial charge in [-0.05, 0) is 48.8 Å². The summed E-state index contributed by atoms with van der Waals surface area (Å²) in [5.41, 5.74) is 2.59. The molecule has 0 aliphatic heterocycles. The van der Waals surface area contributed by atoms with Crippen LogP contribution >= 0.6 is 0 Å². The molecule has 0 bridgehead atoms. The minimum Gasteiger partial charge on any atom is -0.496 e. The van der Waals surface area contributed by atoms with Crippen molar-refractivity contribution in [2.24, 2.45) is 11.3 Å². The number of fused-ring (bicyclic) bond motifs is 3. The van der Waals surface area contributed by atoms with E-state index >= 15 is 0 Å². The highest BCUT2D eigenvalue weighted by Crippen LogP contribution is 2.55. The van der Waals surface area contributed by atoms with Gasteiger partial charge in [-0.3, -0.25) is 9.59 Å². The molecule has 0 saturated heterocycles. The Morgan fingerprint density at radius 1 is 1.12 bits per heavy atom. The lowest BCUT2D eigenvalue weighted by Gasteiger charge is -2.52. The molecule has 3 rings (SSSR count). The number of methoxy groups -OCH3 is 1. The lowest BCUT2D eigenvalue weighted by molar-refractivity contribution is -0.147. The van der Waals surface area contributed by atoms with E-state index in [0.717, 1.165) is 24.2 Å². The molecule has 2 atom stereocenters. The van der Waals surface area contributed by atoms with Crippen molar-refractivity contribution in [3.8, 4) is 5.75 Å². The first kappa shape index (κ1) is 17.2. The van der Waals surface area contributed by atoms with Crippen molar-refractivity contribution in [2.75, 3.05) is 7.11 Å². The number of hydrogen-bond acceptors (Lipinski definition) is 3. The van der Waals surface area contributed by atoms with E-state index in [1.165, 1.54) is 11.1 Å². The number of rotatable bonds is 2.